The zero-order chi connectivity index (χ0) is 13.5. The number of pyridine rings is 1. The molecule has 1 saturated heterocycles. The maximum atomic E-state index is 13.2. The fourth-order valence-electron chi connectivity index (χ4n) is 2.26. The molecule has 0 unspecified atom stereocenters. The van der Waals surface area contributed by atoms with Crippen LogP contribution in [-0.4, -0.2) is 42.7 Å². The van der Waals surface area contributed by atoms with Crippen LogP contribution in [-0.2, 0) is 6.54 Å². The van der Waals surface area contributed by atoms with Gasteiger partial charge in [0.15, 0.2) is 0 Å². The van der Waals surface area contributed by atoms with Crippen LogP contribution in [0.2, 0.25) is 0 Å². The summed E-state index contributed by atoms with van der Waals surface area (Å²) < 4.78 is 18.9. The minimum absolute atomic E-state index is 0.320. The highest BCUT2D eigenvalue weighted by Crippen LogP contribution is 2.16. The molecule has 0 radical (unpaired) electrons. The van der Waals surface area contributed by atoms with E-state index in [1.54, 1.807) is 0 Å². The Kier molecular flexibility index (Phi) is 5.54. The van der Waals surface area contributed by atoms with Gasteiger partial charge in [-0.1, -0.05) is 6.92 Å². The molecule has 1 fully saturated rings. The van der Waals surface area contributed by atoms with Crippen LogP contribution in [0.15, 0.2) is 12.3 Å². The van der Waals surface area contributed by atoms with Gasteiger partial charge < -0.3 is 10.1 Å². The molecular formula is C14H22FN3O. The van der Waals surface area contributed by atoms with E-state index in [0.29, 0.717) is 19.0 Å². The van der Waals surface area contributed by atoms with E-state index in [1.807, 2.05) is 6.92 Å². The number of ether oxygens (including phenoxy) is 1. The van der Waals surface area contributed by atoms with E-state index in [9.17, 15) is 4.39 Å². The fraction of sp³-hybridized carbons (Fsp3) is 0.643. The molecular weight excluding hydrogens is 245 g/mol. The van der Waals surface area contributed by atoms with Gasteiger partial charge in [0, 0.05) is 18.7 Å². The zero-order valence-corrected chi connectivity index (χ0v) is 11.5. The predicted octanol–water partition coefficient (Wildman–Crippen LogP) is 1.80. The molecule has 2 heterocycles. The molecule has 1 aromatic rings. The van der Waals surface area contributed by atoms with Crippen molar-refractivity contribution >= 4 is 0 Å². The summed E-state index contributed by atoms with van der Waals surface area (Å²) in [6.45, 7) is 7.27. The van der Waals surface area contributed by atoms with E-state index in [4.69, 9.17) is 4.74 Å². The first-order valence-electron chi connectivity index (χ1n) is 7.00. The standard InChI is InChI=1S/C14H22FN3O/c1-2-16-10-12-9-13(15)11-17-14(12)19-8-7-18-5-3-4-6-18/h9,11,16H,2-8,10H2,1H3. The summed E-state index contributed by atoms with van der Waals surface area (Å²) in [5.74, 6) is 0.223. The minimum Gasteiger partial charge on any atom is -0.476 e. The van der Waals surface area contributed by atoms with E-state index in [0.717, 1.165) is 31.7 Å². The maximum Gasteiger partial charge on any atom is 0.218 e. The number of nitrogens with zero attached hydrogens (tertiary/aromatic N) is 2. The molecule has 4 nitrogen and oxygen atoms in total. The van der Waals surface area contributed by atoms with E-state index >= 15 is 0 Å². The molecule has 0 amide bonds. The summed E-state index contributed by atoms with van der Waals surface area (Å²) >= 11 is 0. The number of halogens is 1. The zero-order valence-electron chi connectivity index (χ0n) is 11.5. The van der Waals surface area contributed by atoms with Crippen molar-refractivity contribution < 1.29 is 9.13 Å². The number of nitrogens with one attached hydrogen (secondary N) is 1. The van der Waals surface area contributed by atoms with Crippen LogP contribution in [0.1, 0.15) is 25.3 Å². The van der Waals surface area contributed by atoms with Gasteiger partial charge in [0.05, 0.1) is 6.20 Å². The van der Waals surface area contributed by atoms with Crippen molar-refractivity contribution in [1.82, 2.24) is 15.2 Å². The third kappa shape index (κ3) is 4.44. The molecule has 0 aliphatic carbocycles. The summed E-state index contributed by atoms with van der Waals surface area (Å²) in [6.07, 6.45) is 3.77. The maximum absolute atomic E-state index is 13.2. The van der Waals surface area contributed by atoms with Crippen molar-refractivity contribution in [2.75, 3.05) is 32.8 Å². The lowest BCUT2D eigenvalue weighted by molar-refractivity contribution is 0.229. The molecule has 1 N–H and O–H groups in total. The van der Waals surface area contributed by atoms with E-state index in [-0.39, 0.29) is 5.82 Å². The van der Waals surface area contributed by atoms with Crippen LogP contribution in [0.4, 0.5) is 4.39 Å². The molecule has 106 valence electrons. The van der Waals surface area contributed by atoms with Crippen molar-refractivity contribution in [2.24, 2.45) is 0 Å². The molecule has 0 saturated carbocycles. The second-order valence-corrected chi connectivity index (χ2v) is 4.80. The molecule has 1 aliphatic heterocycles. The Balaban J connectivity index is 1.86. The SMILES string of the molecule is CCNCc1cc(F)cnc1OCCN1CCCC1. The molecule has 1 aromatic heterocycles. The van der Waals surface area contributed by atoms with Crippen LogP contribution >= 0.6 is 0 Å². The van der Waals surface area contributed by atoms with Gasteiger partial charge in [0.25, 0.3) is 0 Å². The van der Waals surface area contributed by atoms with Crippen LogP contribution in [0.25, 0.3) is 0 Å². The summed E-state index contributed by atoms with van der Waals surface area (Å²) in [4.78, 5) is 6.42. The quantitative estimate of drug-likeness (QED) is 0.817. The lowest BCUT2D eigenvalue weighted by Crippen LogP contribution is -2.25. The largest absolute Gasteiger partial charge is 0.476 e. The Morgan fingerprint density at radius 2 is 2.21 bits per heavy atom. The second-order valence-electron chi connectivity index (χ2n) is 4.80. The first-order chi connectivity index (χ1) is 9.29. The van der Waals surface area contributed by atoms with Crippen molar-refractivity contribution in [1.29, 1.82) is 0 Å². The Bertz CT molecular complexity index is 394. The summed E-state index contributed by atoms with van der Waals surface area (Å²) in [6, 6.07) is 1.49. The number of rotatable bonds is 7. The molecule has 0 aromatic carbocycles. The smallest absolute Gasteiger partial charge is 0.218 e. The summed E-state index contributed by atoms with van der Waals surface area (Å²) in [5.41, 5.74) is 0.781. The molecule has 2 rings (SSSR count). The van der Waals surface area contributed by atoms with Crippen LogP contribution < -0.4 is 10.1 Å². The number of hydrogen-bond donors (Lipinski definition) is 1. The first-order valence-corrected chi connectivity index (χ1v) is 7.00. The number of aromatic nitrogens is 1. The Morgan fingerprint density at radius 1 is 1.42 bits per heavy atom. The Morgan fingerprint density at radius 3 is 2.95 bits per heavy atom. The monoisotopic (exact) mass is 267 g/mol. The third-order valence-electron chi connectivity index (χ3n) is 3.30. The van der Waals surface area contributed by atoms with Gasteiger partial charge >= 0.3 is 0 Å². The van der Waals surface area contributed by atoms with E-state index in [1.165, 1.54) is 25.1 Å². The minimum atomic E-state index is -0.320. The third-order valence-corrected chi connectivity index (χ3v) is 3.30. The first kappa shape index (κ1) is 14.2. The lowest BCUT2D eigenvalue weighted by atomic mass is 10.2. The molecule has 1 aliphatic rings. The molecule has 19 heavy (non-hydrogen) atoms. The Hall–Kier alpha value is -1.20. The van der Waals surface area contributed by atoms with Crippen LogP contribution in [0, 0.1) is 5.82 Å². The van der Waals surface area contributed by atoms with Gasteiger partial charge in [0.2, 0.25) is 5.88 Å². The van der Waals surface area contributed by atoms with E-state index in [2.05, 4.69) is 15.2 Å². The van der Waals surface area contributed by atoms with Crippen molar-refractivity contribution in [3.8, 4) is 5.88 Å². The summed E-state index contributed by atoms with van der Waals surface area (Å²) in [7, 11) is 0. The van der Waals surface area contributed by atoms with Crippen LogP contribution in [0.5, 0.6) is 5.88 Å². The molecule has 0 bridgehead atoms. The lowest BCUT2D eigenvalue weighted by Gasteiger charge is -2.16. The molecule has 0 spiro atoms. The number of likely N-dealkylation sites (tertiary alicyclic amines) is 1. The van der Waals surface area contributed by atoms with Gasteiger partial charge in [-0.25, -0.2) is 9.37 Å². The molecule has 0 atom stereocenters. The van der Waals surface area contributed by atoms with Gasteiger partial charge in [-0.05, 0) is 38.5 Å². The topological polar surface area (TPSA) is 37.4 Å². The van der Waals surface area contributed by atoms with Gasteiger partial charge in [0.1, 0.15) is 12.4 Å². The second kappa shape index (κ2) is 7.40. The van der Waals surface area contributed by atoms with E-state index < -0.39 is 0 Å². The van der Waals surface area contributed by atoms with Crippen molar-refractivity contribution in [3.05, 3.63) is 23.6 Å². The average Bonchev–Trinajstić information content (AvgIpc) is 2.91. The van der Waals surface area contributed by atoms with Gasteiger partial charge in [-0.2, -0.15) is 0 Å². The molecule has 5 heteroatoms. The highest BCUT2D eigenvalue weighted by atomic mass is 19.1. The highest BCUT2D eigenvalue weighted by Gasteiger charge is 2.12. The van der Waals surface area contributed by atoms with Crippen LogP contribution in [0.3, 0.4) is 0 Å². The van der Waals surface area contributed by atoms with Gasteiger partial charge in [-0.15, -0.1) is 0 Å². The number of hydrogen-bond acceptors (Lipinski definition) is 4. The van der Waals surface area contributed by atoms with Crippen molar-refractivity contribution in [3.63, 3.8) is 0 Å². The highest BCUT2D eigenvalue weighted by molar-refractivity contribution is 5.26. The summed E-state index contributed by atoms with van der Waals surface area (Å²) in [5, 5.41) is 3.17. The van der Waals surface area contributed by atoms with Crippen molar-refractivity contribution in [2.45, 2.75) is 26.3 Å². The Labute approximate surface area is 114 Å². The average molecular weight is 267 g/mol. The van der Waals surface area contributed by atoms with Gasteiger partial charge in [-0.3, -0.25) is 4.90 Å². The fourth-order valence-corrected chi connectivity index (χ4v) is 2.26. The normalized spacial score (nSPS) is 15.9. The predicted molar refractivity (Wildman–Crippen MR) is 72.7 cm³/mol.